The maximum absolute atomic E-state index is 6.66. The van der Waals surface area contributed by atoms with Crippen LogP contribution in [0.25, 0.3) is 0 Å². The van der Waals surface area contributed by atoms with E-state index in [-0.39, 0.29) is 6.10 Å². The van der Waals surface area contributed by atoms with Crippen molar-refractivity contribution < 1.29 is 32.8 Å². The van der Waals surface area contributed by atoms with Crippen molar-refractivity contribution in [1.29, 1.82) is 0 Å². The van der Waals surface area contributed by atoms with E-state index in [1.807, 2.05) is 0 Å². The van der Waals surface area contributed by atoms with Crippen molar-refractivity contribution in [1.82, 2.24) is 0 Å². The molecule has 2 aliphatic rings. The van der Waals surface area contributed by atoms with Crippen molar-refractivity contribution in [2.45, 2.75) is 74.8 Å². The second-order valence-electron chi connectivity index (χ2n) is 7.99. The van der Waals surface area contributed by atoms with E-state index >= 15 is 0 Å². The molecular weight excluding hydrogens is 520 g/mol. The van der Waals surface area contributed by atoms with Crippen molar-refractivity contribution in [3.63, 3.8) is 0 Å². The van der Waals surface area contributed by atoms with E-state index in [9.17, 15) is 0 Å². The Kier molecular flexibility index (Phi) is 8.09. The summed E-state index contributed by atoms with van der Waals surface area (Å²) in [6, 6.07) is 10.5. The molecule has 2 nitrogen and oxygen atoms in total. The van der Waals surface area contributed by atoms with Gasteiger partial charge in [-0.1, -0.05) is 0 Å². The molecule has 0 radical (unpaired) electrons. The molecule has 3 rings (SSSR count). The summed E-state index contributed by atoms with van der Waals surface area (Å²) in [5.41, 5.74) is 1.26. The molecule has 1 saturated heterocycles. The van der Waals surface area contributed by atoms with Crippen LogP contribution in [0.4, 0.5) is 0 Å². The average Bonchev–Trinajstić information content (AvgIpc) is 2.65. The van der Waals surface area contributed by atoms with Gasteiger partial charge in [-0.3, -0.25) is 0 Å². The molecule has 1 aromatic rings. The van der Waals surface area contributed by atoms with Crippen LogP contribution in [0.5, 0.6) is 0 Å². The van der Waals surface area contributed by atoms with E-state index < -0.39 is 23.3 Å². The summed E-state index contributed by atoms with van der Waals surface area (Å²) in [6.45, 7) is 5.37. The minimum absolute atomic E-state index is 0.280. The van der Waals surface area contributed by atoms with Crippen molar-refractivity contribution >= 4 is 8.25 Å². The molecule has 1 aliphatic carbocycles. The molecule has 1 aromatic carbocycles. The standard InChI is InChI=1S/C21H31O2.ClH.Hg/c1-15-17(3)23-21(19-12-8-5-9-13-19)16(2)20(15)22-14-18-10-6-4-7-11-18;;/h4,6-7,10-11,15-17,19-21H,3,5,8-9,12-14H2,1-2H3;1H;/q;;+1/p-1/t15-,16-,17-,20-,21-;;/m0../s1. The van der Waals surface area contributed by atoms with Crippen LogP contribution in [0.3, 0.4) is 0 Å². The minimum atomic E-state index is -1.24. The molecule has 0 N–H and O–H groups in total. The maximum atomic E-state index is 6.66. The van der Waals surface area contributed by atoms with Gasteiger partial charge in [0.25, 0.3) is 0 Å². The Hall–Kier alpha value is 0.365. The molecule has 0 aromatic heterocycles. The van der Waals surface area contributed by atoms with E-state index in [0.29, 0.717) is 36.6 Å². The molecule has 1 saturated carbocycles. The monoisotopic (exact) mass is 552 g/mol. The zero-order valence-electron chi connectivity index (χ0n) is 15.7. The first-order valence-electron chi connectivity index (χ1n) is 10.1. The molecule has 4 heteroatoms. The van der Waals surface area contributed by atoms with Crippen LogP contribution < -0.4 is 0 Å². The Bertz CT molecular complexity index is 506. The molecule has 0 spiro atoms. The summed E-state index contributed by atoms with van der Waals surface area (Å²) < 4.78 is 14.3. The fourth-order valence-electron chi connectivity index (χ4n) is 4.84. The molecule has 136 valence electrons. The van der Waals surface area contributed by atoms with E-state index in [2.05, 4.69) is 44.2 Å². The van der Waals surface area contributed by atoms with Crippen LogP contribution in [0.2, 0.25) is 3.93 Å². The predicted molar refractivity (Wildman–Crippen MR) is 99.2 cm³/mol. The Morgan fingerprint density at radius 3 is 2.48 bits per heavy atom. The van der Waals surface area contributed by atoms with Gasteiger partial charge in [0, 0.05) is 0 Å². The normalized spacial score (nSPS) is 33.8. The molecular formula is C21H31ClHgO2. The van der Waals surface area contributed by atoms with Gasteiger partial charge in [0.15, 0.2) is 0 Å². The molecule has 2 fully saturated rings. The summed E-state index contributed by atoms with van der Waals surface area (Å²) in [4.78, 5) is 0. The SMILES string of the molecule is C[C@@H]1[C@H](OCc2ccccc2)[C@H](C)[C@@H](C2CCCCC2)O[C@H]1[CH2][Hg][Cl]. The van der Waals surface area contributed by atoms with Crippen molar-refractivity contribution in [2.24, 2.45) is 17.8 Å². The van der Waals surface area contributed by atoms with Gasteiger partial charge < -0.3 is 0 Å². The second-order valence-corrected chi connectivity index (χ2v) is 15.0. The first-order chi connectivity index (χ1) is 12.2. The third kappa shape index (κ3) is 5.21. The fourth-order valence-corrected chi connectivity index (χ4v) is 10.1. The first kappa shape index (κ1) is 20.1. The first-order valence-corrected chi connectivity index (χ1v) is 20.7. The van der Waals surface area contributed by atoms with Gasteiger partial charge in [0.2, 0.25) is 0 Å². The predicted octanol–water partition coefficient (Wildman–Crippen LogP) is 5.85. The number of hydrogen-bond donors (Lipinski definition) is 0. The molecule has 25 heavy (non-hydrogen) atoms. The van der Waals surface area contributed by atoms with Crippen LogP contribution in [-0.2, 0) is 39.4 Å². The molecule has 0 unspecified atom stereocenters. The third-order valence-corrected chi connectivity index (χ3v) is 11.2. The van der Waals surface area contributed by atoms with Crippen molar-refractivity contribution in [3.8, 4) is 0 Å². The van der Waals surface area contributed by atoms with Crippen molar-refractivity contribution in [2.75, 3.05) is 0 Å². The zero-order valence-corrected chi connectivity index (χ0v) is 22.0. The topological polar surface area (TPSA) is 18.5 Å². The van der Waals surface area contributed by atoms with Gasteiger partial charge in [-0.2, -0.15) is 0 Å². The quantitative estimate of drug-likeness (QED) is 0.414. The third-order valence-electron chi connectivity index (χ3n) is 6.27. The number of ether oxygens (including phenoxy) is 2. The summed E-state index contributed by atoms with van der Waals surface area (Å²) in [6.07, 6.45) is 7.73. The van der Waals surface area contributed by atoms with Crippen LogP contribution >= 0.6 is 8.25 Å². The molecule has 1 heterocycles. The molecule has 1 aliphatic heterocycles. The summed E-state index contributed by atoms with van der Waals surface area (Å²) in [7, 11) is 6.29. The second kappa shape index (κ2) is 10.1. The Morgan fingerprint density at radius 1 is 1.08 bits per heavy atom. The molecule has 5 atom stereocenters. The van der Waals surface area contributed by atoms with Gasteiger partial charge in [0.1, 0.15) is 0 Å². The van der Waals surface area contributed by atoms with Gasteiger partial charge in [0.05, 0.1) is 0 Å². The van der Waals surface area contributed by atoms with Crippen molar-refractivity contribution in [3.05, 3.63) is 35.9 Å². The Labute approximate surface area is 168 Å². The fraction of sp³-hybridized carbons (Fsp3) is 0.714. The summed E-state index contributed by atoms with van der Waals surface area (Å²) in [5, 5.41) is 0. The number of rotatable bonds is 6. The van der Waals surface area contributed by atoms with Gasteiger partial charge in [-0.05, 0) is 0 Å². The summed E-state index contributed by atoms with van der Waals surface area (Å²) >= 11 is -1.24. The summed E-state index contributed by atoms with van der Waals surface area (Å²) in [5.74, 6) is 1.62. The van der Waals surface area contributed by atoms with Crippen LogP contribution in [0.1, 0.15) is 51.5 Å². The van der Waals surface area contributed by atoms with Crippen LogP contribution in [0.15, 0.2) is 30.3 Å². The Morgan fingerprint density at radius 2 is 1.80 bits per heavy atom. The molecule has 0 amide bonds. The zero-order chi connectivity index (χ0) is 17.6. The van der Waals surface area contributed by atoms with E-state index in [1.165, 1.54) is 37.7 Å². The molecule has 0 bridgehead atoms. The van der Waals surface area contributed by atoms with Gasteiger partial charge in [-0.25, -0.2) is 0 Å². The number of hydrogen-bond acceptors (Lipinski definition) is 2. The number of halogens is 1. The van der Waals surface area contributed by atoms with Gasteiger partial charge in [-0.15, -0.1) is 0 Å². The Balaban J connectivity index is 1.70. The van der Waals surface area contributed by atoms with Gasteiger partial charge >= 0.3 is 170 Å². The average molecular weight is 552 g/mol. The van der Waals surface area contributed by atoms with E-state index in [0.717, 1.165) is 3.93 Å². The van der Waals surface area contributed by atoms with E-state index in [1.54, 1.807) is 0 Å². The van der Waals surface area contributed by atoms with Crippen LogP contribution in [-0.4, -0.2) is 18.3 Å². The van der Waals surface area contributed by atoms with E-state index in [4.69, 9.17) is 17.7 Å². The number of benzene rings is 1. The van der Waals surface area contributed by atoms with Crippen LogP contribution in [0, 0.1) is 17.8 Å².